The van der Waals surface area contributed by atoms with E-state index in [1.54, 1.807) is 0 Å². The number of thiol groups is 1. The number of aliphatic hydroxyl groups is 23. The van der Waals surface area contributed by atoms with Crippen LogP contribution >= 0.6 is 20.5 Å². The zero-order valence-electron chi connectivity index (χ0n) is 47.0. The quantitative estimate of drug-likeness (QED) is 0.0206. The lowest BCUT2D eigenvalue weighted by Crippen LogP contribution is -2.69. The molecule has 39 nitrogen and oxygen atoms in total. The fourth-order valence-electron chi connectivity index (χ4n) is 10.7. The van der Waals surface area contributed by atoms with E-state index in [0.29, 0.717) is 25.0 Å². The molecular formula is C48H85O39PS. The largest absolute Gasteiger partial charge is 0.472 e. The van der Waals surface area contributed by atoms with Crippen LogP contribution in [-0.2, 0) is 70.5 Å². The number of unbranched alkanes of at least 4 members (excludes halogenated alkanes) is 3. The van der Waals surface area contributed by atoms with Crippen molar-refractivity contribution in [2.24, 2.45) is 0 Å². The van der Waals surface area contributed by atoms with Crippen molar-refractivity contribution in [2.45, 2.75) is 247 Å². The van der Waals surface area contributed by atoms with Crippen LogP contribution in [0.2, 0.25) is 0 Å². The van der Waals surface area contributed by atoms with Crippen molar-refractivity contribution in [3.63, 3.8) is 0 Å². The maximum Gasteiger partial charge on any atom is 0.472 e. The minimum atomic E-state index is -5.38. The monoisotopic (exact) mass is 1350 g/mol. The molecule has 24 N–H and O–H groups in total. The predicted octanol–water partition coefficient (Wildman–Crippen LogP) is -14.3. The number of phosphoric ester groups is 1. The molecule has 0 aromatic heterocycles. The number of hydrogen-bond acceptors (Lipinski definition) is 39. The summed E-state index contributed by atoms with van der Waals surface area (Å²) < 4.78 is 90.8. The van der Waals surface area contributed by atoms with Crippen LogP contribution in [0.4, 0.5) is 0 Å². The molecule has 0 aromatic carbocycles. The van der Waals surface area contributed by atoms with Crippen molar-refractivity contribution >= 4 is 20.5 Å². The Morgan fingerprint density at radius 3 is 0.888 bits per heavy atom. The van der Waals surface area contributed by atoms with Gasteiger partial charge >= 0.3 is 7.82 Å². The van der Waals surface area contributed by atoms with E-state index in [1.807, 2.05) is 0 Å². The molecule has 37 atom stereocenters. The van der Waals surface area contributed by atoms with Crippen molar-refractivity contribution in [3.05, 3.63) is 0 Å². The van der Waals surface area contributed by atoms with Gasteiger partial charge in [-0.15, -0.1) is 0 Å². The highest BCUT2D eigenvalue weighted by atomic mass is 32.1. The summed E-state index contributed by atoms with van der Waals surface area (Å²) in [5.41, 5.74) is 0. The van der Waals surface area contributed by atoms with E-state index < -0.39 is 275 Å². The van der Waals surface area contributed by atoms with Crippen molar-refractivity contribution in [1.82, 2.24) is 0 Å². The Morgan fingerprint density at radius 2 is 0.573 bits per heavy atom. The lowest BCUT2D eigenvalue weighted by atomic mass is 9.84. The van der Waals surface area contributed by atoms with Crippen LogP contribution < -0.4 is 0 Å². The number of phosphoric acid groups is 1. The minimum Gasteiger partial charge on any atom is -0.394 e. The molecule has 0 radical (unpaired) electrons. The van der Waals surface area contributed by atoms with Crippen LogP contribution in [0.15, 0.2) is 0 Å². The molecule has 522 valence electrons. The molecule has 0 spiro atoms. The second-order valence-electron chi connectivity index (χ2n) is 22.5. The number of aliphatic hydroxyl groups excluding tert-OH is 23. The molecule has 6 aliphatic heterocycles. The van der Waals surface area contributed by atoms with Gasteiger partial charge in [0.2, 0.25) is 0 Å². The molecule has 41 heteroatoms. The van der Waals surface area contributed by atoms with Crippen LogP contribution in [0.3, 0.4) is 0 Å². The SMILES string of the molecule is O=P(O)(OCCCCCCS)O[C@@H]1[C@H](O[C@H]2O[C@H](CO)[C@@H](O)[C@H](O)[C@@H]2O)[C@H](O)C(O)[C@H](O)[C@H]1O[C@H]1O[C@H](CO[C@H]2O[C@H](CO[C@H]3O[C@H](CO[C@H]4O[C@H](CO[C@H]5O[C@H](CO)[C@@H](O)[C@H](O)[C@@H]5O)[C@@H](O)[C@H](O)[C@@H]4O)[C@@H](O)[C@H](O)[C@@H]3O)[C@@H](O)[C@H](O)[C@@H]2O)[C@@H](O)[C@H](O)[C@@H]1O. The highest BCUT2D eigenvalue weighted by molar-refractivity contribution is 7.80. The van der Waals surface area contributed by atoms with Gasteiger partial charge in [0, 0.05) is 0 Å². The summed E-state index contributed by atoms with van der Waals surface area (Å²) in [6, 6.07) is 0. The molecule has 2 unspecified atom stereocenters. The second kappa shape index (κ2) is 33.3. The summed E-state index contributed by atoms with van der Waals surface area (Å²) in [5.74, 6) is 0.558. The van der Waals surface area contributed by atoms with E-state index in [9.17, 15) is 127 Å². The number of hydrogen-bond donors (Lipinski definition) is 25. The predicted molar refractivity (Wildman–Crippen MR) is 279 cm³/mol. The molecule has 0 aromatic rings. The minimum absolute atomic E-state index is 0.205. The third-order valence-corrected chi connectivity index (χ3v) is 17.6. The van der Waals surface area contributed by atoms with Gasteiger partial charge in [0.25, 0.3) is 0 Å². The van der Waals surface area contributed by atoms with Crippen LogP contribution in [-0.4, -0.2) is 395 Å². The molecular weight excluding hydrogens is 1260 g/mol. The van der Waals surface area contributed by atoms with Crippen LogP contribution in [0.25, 0.3) is 0 Å². The summed E-state index contributed by atoms with van der Waals surface area (Å²) in [6.45, 7) is -5.69. The van der Waals surface area contributed by atoms with Gasteiger partial charge in [-0.25, -0.2) is 4.57 Å². The molecule has 0 bridgehead atoms. The van der Waals surface area contributed by atoms with Gasteiger partial charge in [0.15, 0.2) is 37.7 Å². The van der Waals surface area contributed by atoms with E-state index in [2.05, 4.69) is 12.6 Å². The fraction of sp³-hybridized carbons (Fsp3) is 1.00. The Labute approximate surface area is 510 Å². The lowest BCUT2D eigenvalue weighted by molar-refractivity contribution is -0.365. The molecule has 7 rings (SSSR count). The smallest absolute Gasteiger partial charge is 0.394 e. The average molecular weight is 1350 g/mol. The third-order valence-electron chi connectivity index (χ3n) is 16.2. The molecule has 89 heavy (non-hydrogen) atoms. The molecule has 6 saturated heterocycles. The first-order valence-corrected chi connectivity index (χ1v) is 30.6. The van der Waals surface area contributed by atoms with Crippen molar-refractivity contribution < 1.29 is 193 Å². The molecule has 0 amide bonds. The van der Waals surface area contributed by atoms with Gasteiger partial charge in [-0.2, -0.15) is 12.6 Å². The van der Waals surface area contributed by atoms with Gasteiger partial charge in [0.1, 0.15) is 183 Å². The van der Waals surface area contributed by atoms with E-state index in [0.717, 1.165) is 0 Å². The van der Waals surface area contributed by atoms with Gasteiger partial charge in [-0.05, 0) is 18.6 Å². The Hall–Kier alpha value is -0.940. The molecule has 1 aliphatic carbocycles. The fourth-order valence-corrected chi connectivity index (χ4v) is 11.9. The zero-order chi connectivity index (χ0) is 65.7. The maximum absolute atomic E-state index is 13.5. The highest BCUT2D eigenvalue weighted by Gasteiger charge is 2.59. The second-order valence-corrected chi connectivity index (χ2v) is 24.3. The molecule has 1 saturated carbocycles. The number of rotatable bonds is 27. The summed E-state index contributed by atoms with van der Waals surface area (Å²) in [4.78, 5) is 10.9. The van der Waals surface area contributed by atoms with Crippen molar-refractivity contribution in [1.29, 1.82) is 0 Å². The van der Waals surface area contributed by atoms with Crippen LogP contribution in [0, 0.1) is 0 Å². The average Bonchev–Trinajstić information content (AvgIpc) is 1.05. The van der Waals surface area contributed by atoms with Gasteiger partial charge in [-0.1, -0.05) is 12.8 Å². The Balaban J connectivity index is 0.988. The summed E-state index contributed by atoms with van der Waals surface area (Å²) in [7, 11) is -5.38. The van der Waals surface area contributed by atoms with Gasteiger partial charge in [-0.3, -0.25) is 9.05 Å². The summed E-state index contributed by atoms with van der Waals surface area (Å²) in [6.07, 6.45) is -70.8. The highest BCUT2D eigenvalue weighted by Crippen LogP contribution is 2.49. The third kappa shape index (κ3) is 17.6. The number of ether oxygens (including phenoxy) is 12. The normalized spacial score (nSPS) is 49.9. The topological polar surface area (TPSA) is 632 Å². The summed E-state index contributed by atoms with van der Waals surface area (Å²) in [5, 5.41) is 246. The van der Waals surface area contributed by atoms with Crippen molar-refractivity contribution in [2.75, 3.05) is 52.0 Å². The standard InChI is InChI=1S/C48H85O39PS/c49-7-13-19(51)25(57)34(66)43(79-13)74-9-15-21(53)27(59)35(67)44(81-15)75-10-16-22(54)28(60)36(68)45(82-16)76-11-17-23(55)29(61)37(69)46(83-17)77-12-18-24(56)30(62)39(71)48(84-18)86-41-33(65)31(63)32(64)40(85-47-38(70)26(58)20(52)14(8-50)80-47)42(41)87-88(72,73)78-5-3-1-2-4-6-89/h13-71,89H,1-12H2,(H,72,73)/t13-,14-,15-,16-,17-,18-,19-,20-,21-,22-,23-,24-,25+,26+,27+,28+,29+,30+,31?,32-,33+,34+,35+,36+,37+,38+,39+,40-,41-,42-,43+,44+,45+,46+,47-,48-/m1/s1. The maximum atomic E-state index is 13.5. The first kappa shape index (κ1) is 75.4. The first-order valence-electron chi connectivity index (χ1n) is 28.5. The van der Waals surface area contributed by atoms with Crippen molar-refractivity contribution in [3.8, 4) is 0 Å². The van der Waals surface area contributed by atoms with E-state index >= 15 is 0 Å². The van der Waals surface area contributed by atoms with Gasteiger partial charge in [0.05, 0.1) is 46.2 Å². The first-order chi connectivity index (χ1) is 42.0. The van der Waals surface area contributed by atoms with Crippen LogP contribution in [0.1, 0.15) is 25.7 Å². The summed E-state index contributed by atoms with van der Waals surface area (Å²) >= 11 is 4.13. The zero-order valence-corrected chi connectivity index (χ0v) is 48.8. The molecule has 7 fully saturated rings. The van der Waals surface area contributed by atoms with E-state index in [1.165, 1.54) is 0 Å². The van der Waals surface area contributed by atoms with E-state index in [-0.39, 0.29) is 6.42 Å². The molecule has 7 aliphatic rings. The van der Waals surface area contributed by atoms with Gasteiger partial charge < -0.3 is 179 Å². The lowest BCUT2D eigenvalue weighted by Gasteiger charge is -2.49. The Bertz CT molecular complexity index is 2160. The molecule has 6 heterocycles. The van der Waals surface area contributed by atoms with Crippen LogP contribution in [0.5, 0.6) is 0 Å². The van der Waals surface area contributed by atoms with E-state index in [4.69, 9.17) is 65.9 Å². The Morgan fingerprint density at radius 1 is 0.315 bits per heavy atom. The Kier molecular flexibility index (Phi) is 28.3.